The third-order valence-electron chi connectivity index (χ3n) is 2.21. The van der Waals surface area contributed by atoms with Gasteiger partial charge in [0.15, 0.2) is 0 Å². The van der Waals surface area contributed by atoms with E-state index in [0.29, 0.717) is 15.7 Å². The molecular weight excluding hydrogens is 246 g/mol. The zero-order chi connectivity index (χ0) is 10.9. The van der Waals surface area contributed by atoms with Crippen molar-refractivity contribution < 1.29 is 5.11 Å². The number of nitrogens with zero attached hydrogens (tertiary/aromatic N) is 1. The molecule has 0 aromatic heterocycles. The number of hydrogen-bond donors (Lipinski definition) is 1. The summed E-state index contributed by atoms with van der Waals surface area (Å²) in [7, 11) is 0. The lowest BCUT2D eigenvalue weighted by Gasteiger charge is -2.12. The fourth-order valence-electron chi connectivity index (χ4n) is 1.28. The van der Waals surface area contributed by atoms with Gasteiger partial charge in [0.1, 0.15) is 11.4 Å². The number of nitroso groups, excluding NO2 is 1. The second kappa shape index (κ2) is 4.09. The lowest BCUT2D eigenvalue weighted by Crippen LogP contribution is -1.91. The van der Waals surface area contributed by atoms with Crippen LogP contribution >= 0.6 is 15.9 Å². The molecule has 0 radical (unpaired) electrons. The third kappa shape index (κ3) is 1.80. The summed E-state index contributed by atoms with van der Waals surface area (Å²) >= 11 is 3.24. The molecule has 0 spiro atoms. The van der Waals surface area contributed by atoms with Crippen molar-refractivity contribution in [1.29, 1.82) is 0 Å². The Labute approximate surface area is 91.2 Å². The maximum atomic E-state index is 10.5. The molecule has 3 nitrogen and oxygen atoms in total. The van der Waals surface area contributed by atoms with E-state index < -0.39 is 0 Å². The van der Waals surface area contributed by atoms with Gasteiger partial charge in [0, 0.05) is 0 Å². The van der Waals surface area contributed by atoms with E-state index in [4.69, 9.17) is 0 Å². The minimum Gasteiger partial charge on any atom is -0.506 e. The summed E-state index contributed by atoms with van der Waals surface area (Å²) < 4.78 is 0.554. The molecule has 1 N–H and O–H groups in total. The highest BCUT2D eigenvalue weighted by Crippen LogP contribution is 2.40. The van der Waals surface area contributed by atoms with Crippen LogP contribution in [0.5, 0.6) is 5.75 Å². The minimum absolute atomic E-state index is 0.160. The van der Waals surface area contributed by atoms with E-state index in [0.717, 1.165) is 5.56 Å². The summed E-state index contributed by atoms with van der Waals surface area (Å²) in [6.07, 6.45) is 0. The smallest absolute Gasteiger partial charge is 0.133 e. The van der Waals surface area contributed by atoms with Gasteiger partial charge in [0.05, 0.1) is 4.47 Å². The summed E-state index contributed by atoms with van der Waals surface area (Å²) in [6.45, 7) is 5.64. The van der Waals surface area contributed by atoms with E-state index in [1.54, 1.807) is 13.0 Å². The molecule has 0 saturated carbocycles. The standard InChI is InChI=1S/C10H12BrNO2/c1-5(2)7-4-8(12-14)6(3)9(11)10(7)13/h4-5,13H,1-3H3. The average molecular weight is 258 g/mol. The van der Waals surface area contributed by atoms with Crippen LogP contribution in [0.15, 0.2) is 15.7 Å². The highest BCUT2D eigenvalue weighted by molar-refractivity contribution is 9.10. The topological polar surface area (TPSA) is 49.7 Å². The quantitative estimate of drug-likeness (QED) is 0.815. The molecule has 0 aliphatic heterocycles. The van der Waals surface area contributed by atoms with Crippen LogP contribution < -0.4 is 0 Å². The van der Waals surface area contributed by atoms with Crippen molar-refractivity contribution >= 4 is 21.6 Å². The molecule has 1 aromatic carbocycles. The molecule has 1 rings (SSSR count). The predicted molar refractivity (Wildman–Crippen MR) is 60.1 cm³/mol. The van der Waals surface area contributed by atoms with Crippen molar-refractivity contribution in [1.82, 2.24) is 0 Å². The number of rotatable bonds is 2. The molecule has 0 saturated heterocycles. The van der Waals surface area contributed by atoms with Gasteiger partial charge in [-0.15, -0.1) is 4.91 Å². The first kappa shape index (κ1) is 11.2. The van der Waals surface area contributed by atoms with E-state index in [1.165, 1.54) is 0 Å². The Balaban J connectivity index is 3.48. The summed E-state index contributed by atoms with van der Waals surface area (Å²) in [4.78, 5) is 10.5. The number of benzene rings is 1. The molecule has 0 atom stereocenters. The zero-order valence-electron chi connectivity index (χ0n) is 8.34. The molecule has 76 valence electrons. The molecule has 0 aliphatic carbocycles. The van der Waals surface area contributed by atoms with Crippen LogP contribution in [0, 0.1) is 11.8 Å². The zero-order valence-corrected chi connectivity index (χ0v) is 9.92. The molecule has 14 heavy (non-hydrogen) atoms. The molecule has 0 heterocycles. The molecule has 0 amide bonds. The molecule has 0 unspecified atom stereocenters. The SMILES string of the molecule is Cc1c(N=O)cc(C(C)C)c(O)c1Br. The second-order valence-electron chi connectivity index (χ2n) is 3.52. The van der Waals surface area contributed by atoms with Gasteiger partial charge in [-0.1, -0.05) is 13.8 Å². The summed E-state index contributed by atoms with van der Waals surface area (Å²) in [5, 5.41) is 12.7. The second-order valence-corrected chi connectivity index (χ2v) is 4.31. The summed E-state index contributed by atoms with van der Waals surface area (Å²) in [5.74, 6) is 0.359. The Hall–Kier alpha value is -0.900. The van der Waals surface area contributed by atoms with Gasteiger partial charge in [0.25, 0.3) is 0 Å². The predicted octanol–water partition coefficient (Wildman–Crippen LogP) is 3.98. The van der Waals surface area contributed by atoms with E-state index in [2.05, 4.69) is 21.1 Å². The first-order chi connectivity index (χ1) is 6.49. The maximum Gasteiger partial charge on any atom is 0.133 e. The lowest BCUT2D eigenvalue weighted by molar-refractivity contribution is 0.461. The van der Waals surface area contributed by atoms with Crippen LogP contribution in [0.4, 0.5) is 5.69 Å². The molecule has 1 aromatic rings. The van der Waals surface area contributed by atoms with Gasteiger partial charge in [-0.25, -0.2) is 0 Å². The fraction of sp³-hybridized carbons (Fsp3) is 0.400. The minimum atomic E-state index is 0.160. The van der Waals surface area contributed by atoms with Crippen LogP contribution in [0.2, 0.25) is 0 Å². The van der Waals surface area contributed by atoms with Crippen molar-refractivity contribution in [3.05, 3.63) is 26.6 Å². The lowest BCUT2D eigenvalue weighted by atomic mass is 9.99. The highest BCUT2D eigenvalue weighted by Gasteiger charge is 2.15. The highest BCUT2D eigenvalue weighted by atomic mass is 79.9. The van der Waals surface area contributed by atoms with E-state index >= 15 is 0 Å². The first-order valence-electron chi connectivity index (χ1n) is 4.34. The Morgan fingerprint density at radius 1 is 1.50 bits per heavy atom. The van der Waals surface area contributed by atoms with Crippen LogP contribution in [0.3, 0.4) is 0 Å². The Morgan fingerprint density at radius 3 is 2.50 bits per heavy atom. The molecule has 0 aliphatic rings. The fourth-order valence-corrected chi connectivity index (χ4v) is 1.71. The normalized spacial score (nSPS) is 10.6. The summed E-state index contributed by atoms with van der Waals surface area (Å²) in [5.41, 5.74) is 1.78. The maximum absolute atomic E-state index is 10.5. The van der Waals surface area contributed by atoms with Crippen molar-refractivity contribution in [2.45, 2.75) is 26.7 Å². The Morgan fingerprint density at radius 2 is 2.07 bits per heavy atom. The van der Waals surface area contributed by atoms with E-state index in [-0.39, 0.29) is 11.7 Å². The van der Waals surface area contributed by atoms with Gasteiger partial charge in [0.2, 0.25) is 0 Å². The van der Waals surface area contributed by atoms with Gasteiger partial charge < -0.3 is 5.11 Å². The van der Waals surface area contributed by atoms with Crippen molar-refractivity contribution in [3.63, 3.8) is 0 Å². The van der Waals surface area contributed by atoms with Crippen molar-refractivity contribution in [2.75, 3.05) is 0 Å². The van der Waals surface area contributed by atoms with Crippen LogP contribution in [0.1, 0.15) is 30.9 Å². The molecule has 0 fully saturated rings. The number of hydrogen-bond acceptors (Lipinski definition) is 3. The van der Waals surface area contributed by atoms with Crippen LogP contribution in [-0.2, 0) is 0 Å². The largest absolute Gasteiger partial charge is 0.506 e. The first-order valence-corrected chi connectivity index (χ1v) is 5.13. The van der Waals surface area contributed by atoms with E-state index in [1.807, 2.05) is 13.8 Å². The van der Waals surface area contributed by atoms with Crippen LogP contribution in [0.25, 0.3) is 0 Å². The summed E-state index contributed by atoms with van der Waals surface area (Å²) in [6, 6.07) is 1.63. The number of aromatic hydroxyl groups is 1. The monoisotopic (exact) mass is 257 g/mol. The number of phenols is 1. The van der Waals surface area contributed by atoms with E-state index in [9.17, 15) is 10.0 Å². The Bertz CT molecular complexity index is 375. The average Bonchev–Trinajstić information content (AvgIpc) is 2.14. The number of phenolic OH excluding ortho intramolecular Hbond substituents is 1. The molecule has 4 heteroatoms. The molecular formula is C10H12BrNO2. The Kier molecular flexibility index (Phi) is 3.26. The van der Waals surface area contributed by atoms with Crippen molar-refractivity contribution in [2.24, 2.45) is 5.18 Å². The number of halogens is 1. The van der Waals surface area contributed by atoms with Crippen LogP contribution in [-0.4, -0.2) is 5.11 Å². The van der Waals surface area contributed by atoms with Gasteiger partial charge in [-0.05, 0) is 51.1 Å². The van der Waals surface area contributed by atoms with Gasteiger partial charge >= 0.3 is 0 Å². The van der Waals surface area contributed by atoms with Gasteiger partial charge in [-0.2, -0.15) is 0 Å². The van der Waals surface area contributed by atoms with Gasteiger partial charge in [-0.3, -0.25) is 0 Å². The van der Waals surface area contributed by atoms with Crippen molar-refractivity contribution in [3.8, 4) is 5.75 Å². The molecule has 0 bridgehead atoms. The third-order valence-corrected chi connectivity index (χ3v) is 3.18.